The Morgan fingerprint density at radius 2 is 2.17 bits per heavy atom. The molecule has 1 atom stereocenters. The van der Waals surface area contributed by atoms with Crippen LogP contribution in [0.5, 0.6) is 0 Å². The summed E-state index contributed by atoms with van der Waals surface area (Å²) in [7, 11) is 0. The van der Waals surface area contributed by atoms with Gasteiger partial charge in [0.25, 0.3) is 5.24 Å². The minimum absolute atomic E-state index is 0.00290. The summed E-state index contributed by atoms with van der Waals surface area (Å²) >= 11 is 2.99. The van der Waals surface area contributed by atoms with Crippen molar-refractivity contribution >= 4 is 34.2 Å². The Bertz CT molecular complexity index is 532. The maximum absolute atomic E-state index is 12.1. The summed E-state index contributed by atoms with van der Waals surface area (Å²) < 4.78 is 5.42. The normalized spacial score (nSPS) is 20.7. The van der Waals surface area contributed by atoms with E-state index in [1.165, 1.54) is 16.6 Å². The summed E-state index contributed by atoms with van der Waals surface area (Å²) in [4.78, 5) is 28.9. The molecule has 3 heterocycles. The minimum atomic E-state index is -0.0873. The summed E-state index contributed by atoms with van der Waals surface area (Å²) in [5.41, 5.74) is 0. The Balaban J connectivity index is 1.55. The lowest BCUT2D eigenvalue weighted by Gasteiger charge is -2.34. The molecule has 126 valence electrons. The first kappa shape index (κ1) is 16.8. The predicted molar refractivity (Wildman–Crippen MR) is 91.9 cm³/mol. The van der Waals surface area contributed by atoms with E-state index in [0.717, 1.165) is 32.1 Å². The van der Waals surface area contributed by atoms with Crippen molar-refractivity contribution in [3.05, 3.63) is 22.4 Å². The molecular formula is C15H21N3O3S2. The zero-order chi connectivity index (χ0) is 16.1. The largest absolute Gasteiger partial charge is 0.379 e. The zero-order valence-electron chi connectivity index (χ0n) is 12.9. The van der Waals surface area contributed by atoms with Gasteiger partial charge in [0.15, 0.2) is 0 Å². The van der Waals surface area contributed by atoms with Crippen LogP contribution in [0.1, 0.15) is 10.9 Å². The molecule has 0 aromatic carbocycles. The van der Waals surface area contributed by atoms with Crippen LogP contribution in [-0.2, 0) is 9.53 Å². The number of thioether (sulfide) groups is 1. The molecule has 1 N–H and O–H groups in total. The van der Waals surface area contributed by atoms with E-state index in [4.69, 9.17) is 4.74 Å². The van der Waals surface area contributed by atoms with Gasteiger partial charge < -0.3 is 15.0 Å². The Labute approximate surface area is 144 Å². The molecule has 0 aliphatic carbocycles. The third-order valence-corrected chi connectivity index (χ3v) is 5.90. The molecule has 2 amide bonds. The lowest BCUT2D eigenvalue weighted by molar-refractivity contribution is -0.121. The predicted octanol–water partition coefficient (Wildman–Crippen LogP) is 1.41. The van der Waals surface area contributed by atoms with Crippen LogP contribution in [0.4, 0.5) is 4.79 Å². The van der Waals surface area contributed by atoms with Crippen LogP contribution >= 0.6 is 23.1 Å². The van der Waals surface area contributed by atoms with Crippen LogP contribution < -0.4 is 5.32 Å². The fraction of sp³-hybridized carbons (Fsp3) is 0.600. The van der Waals surface area contributed by atoms with E-state index in [1.54, 1.807) is 16.2 Å². The molecule has 1 aromatic heterocycles. The Morgan fingerprint density at radius 1 is 1.35 bits per heavy atom. The molecule has 2 saturated heterocycles. The fourth-order valence-electron chi connectivity index (χ4n) is 2.79. The monoisotopic (exact) mass is 355 g/mol. The average Bonchev–Trinajstić information content (AvgIpc) is 3.22. The van der Waals surface area contributed by atoms with Gasteiger partial charge in [0.1, 0.15) is 6.54 Å². The molecule has 2 aliphatic heterocycles. The third-order valence-electron chi connectivity index (χ3n) is 4.03. The van der Waals surface area contributed by atoms with Crippen molar-refractivity contribution in [3.8, 4) is 0 Å². The van der Waals surface area contributed by atoms with Gasteiger partial charge in [0, 0.05) is 36.8 Å². The van der Waals surface area contributed by atoms with Gasteiger partial charge in [-0.2, -0.15) is 0 Å². The van der Waals surface area contributed by atoms with Crippen molar-refractivity contribution < 1.29 is 14.3 Å². The smallest absolute Gasteiger partial charge is 0.282 e. The lowest BCUT2D eigenvalue weighted by atomic mass is 10.2. The van der Waals surface area contributed by atoms with Crippen molar-refractivity contribution in [1.29, 1.82) is 0 Å². The SMILES string of the molecule is O=C(CN1CCSC1=O)NC[C@H](c1cccs1)N1CCOCC1. The van der Waals surface area contributed by atoms with Crippen molar-refractivity contribution in [1.82, 2.24) is 15.1 Å². The van der Waals surface area contributed by atoms with Gasteiger partial charge >= 0.3 is 0 Å². The number of ether oxygens (including phenoxy) is 1. The second kappa shape index (κ2) is 8.14. The number of carbonyl (C=O) groups is 2. The van der Waals surface area contributed by atoms with Gasteiger partial charge in [-0.15, -0.1) is 11.3 Å². The second-order valence-electron chi connectivity index (χ2n) is 5.52. The molecule has 0 spiro atoms. The topological polar surface area (TPSA) is 61.9 Å². The highest BCUT2D eigenvalue weighted by atomic mass is 32.2. The van der Waals surface area contributed by atoms with E-state index in [0.29, 0.717) is 13.1 Å². The molecule has 8 heteroatoms. The van der Waals surface area contributed by atoms with E-state index in [-0.39, 0.29) is 23.7 Å². The first-order chi connectivity index (χ1) is 11.2. The average molecular weight is 355 g/mol. The fourth-order valence-corrected chi connectivity index (χ4v) is 4.47. The first-order valence-electron chi connectivity index (χ1n) is 7.77. The quantitative estimate of drug-likeness (QED) is 0.836. The Kier molecular flexibility index (Phi) is 5.93. The van der Waals surface area contributed by atoms with Crippen LogP contribution in [0.15, 0.2) is 17.5 Å². The number of nitrogens with zero attached hydrogens (tertiary/aromatic N) is 2. The molecule has 2 fully saturated rings. The first-order valence-corrected chi connectivity index (χ1v) is 9.64. The molecule has 6 nitrogen and oxygen atoms in total. The lowest BCUT2D eigenvalue weighted by Crippen LogP contribution is -2.45. The van der Waals surface area contributed by atoms with E-state index in [9.17, 15) is 9.59 Å². The number of thiophene rings is 1. The number of morpholine rings is 1. The molecule has 23 heavy (non-hydrogen) atoms. The number of rotatable bonds is 6. The molecule has 2 aliphatic rings. The summed E-state index contributed by atoms with van der Waals surface area (Å²) in [6.45, 7) is 4.60. The minimum Gasteiger partial charge on any atom is -0.379 e. The van der Waals surface area contributed by atoms with E-state index >= 15 is 0 Å². The number of nitrogens with one attached hydrogen (secondary N) is 1. The van der Waals surface area contributed by atoms with Crippen LogP contribution in [-0.4, -0.2) is 72.6 Å². The number of hydrogen-bond acceptors (Lipinski definition) is 6. The second-order valence-corrected chi connectivity index (χ2v) is 7.54. The molecule has 0 radical (unpaired) electrons. The summed E-state index contributed by atoms with van der Waals surface area (Å²) in [6.07, 6.45) is 0. The molecular weight excluding hydrogens is 334 g/mol. The number of hydrogen-bond donors (Lipinski definition) is 1. The van der Waals surface area contributed by atoms with Crippen molar-refractivity contribution in [2.45, 2.75) is 6.04 Å². The van der Waals surface area contributed by atoms with Crippen molar-refractivity contribution in [2.75, 3.05) is 51.7 Å². The van der Waals surface area contributed by atoms with E-state index in [2.05, 4.69) is 21.7 Å². The van der Waals surface area contributed by atoms with E-state index in [1.807, 2.05) is 6.07 Å². The van der Waals surface area contributed by atoms with Crippen LogP contribution in [0.25, 0.3) is 0 Å². The summed E-state index contributed by atoms with van der Waals surface area (Å²) in [5.74, 6) is 0.688. The standard InChI is InChI=1S/C15H21N3O3S2/c19-14(11-18-5-9-23-15(18)20)16-10-12(13-2-1-8-22-13)17-3-6-21-7-4-17/h1-2,8,12H,3-7,9-11H2,(H,16,19)/t12-/m1/s1. The number of amides is 2. The van der Waals surface area contributed by atoms with Gasteiger partial charge in [-0.3, -0.25) is 14.5 Å². The summed E-state index contributed by atoms with van der Waals surface area (Å²) in [5, 5.41) is 5.06. The Hall–Kier alpha value is -1.09. The van der Waals surface area contributed by atoms with Gasteiger partial charge in [-0.25, -0.2) is 0 Å². The number of carbonyl (C=O) groups excluding carboxylic acids is 2. The zero-order valence-corrected chi connectivity index (χ0v) is 14.5. The molecule has 0 saturated carbocycles. The summed E-state index contributed by atoms with van der Waals surface area (Å²) in [6, 6.07) is 4.32. The maximum atomic E-state index is 12.1. The van der Waals surface area contributed by atoms with Gasteiger partial charge in [0.05, 0.1) is 19.3 Å². The van der Waals surface area contributed by atoms with Crippen LogP contribution in [0.2, 0.25) is 0 Å². The highest BCUT2D eigenvalue weighted by molar-refractivity contribution is 8.13. The highest BCUT2D eigenvalue weighted by Gasteiger charge is 2.26. The van der Waals surface area contributed by atoms with Crippen molar-refractivity contribution in [3.63, 3.8) is 0 Å². The molecule has 3 rings (SSSR count). The van der Waals surface area contributed by atoms with E-state index < -0.39 is 0 Å². The molecule has 1 aromatic rings. The maximum Gasteiger partial charge on any atom is 0.282 e. The van der Waals surface area contributed by atoms with Crippen LogP contribution in [0, 0.1) is 0 Å². The molecule has 0 unspecified atom stereocenters. The third kappa shape index (κ3) is 4.47. The van der Waals surface area contributed by atoms with Gasteiger partial charge in [0.2, 0.25) is 5.91 Å². The van der Waals surface area contributed by atoms with Gasteiger partial charge in [-0.1, -0.05) is 17.8 Å². The highest BCUT2D eigenvalue weighted by Crippen LogP contribution is 2.25. The molecule has 0 bridgehead atoms. The van der Waals surface area contributed by atoms with Gasteiger partial charge in [-0.05, 0) is 11.4 Å². The van der Waals surface area contributed by atoms with Crippen molar-refractivity contribution in [2.24, 2.45) is 0 Å². The Morgan fingerprint density at radius 3 is 2.83 bits per heavy atom. The van der Waals surface area contributed by atoms with Crippen LogP contribution in [0.3, 0.4) is 0 Å².